The van der Waals surface area contributed by atoms with Gasteiger partial charge in [-0.05, 0) is 93.8 Å². The van der Waals surface area contributed by atoms with Crippen molar-refractivity contribution in [2.24, 2.45) is 0 Å². The lowest BCUT2D eigenvalue weighted by molar-refractivity contribution is -0.140. The second-order valence-corrected chi connectivity index (χ2v) is 17.0. The maximum atomic E-state index is 12.6. The summed E-state index contributed by atoms with van der Waals surface area (Å²) in [6.07, 6.45) is 13.9. The van der Waals surface area contributed by atoms with Crippen molar-refractivity contribution in [2.45, 2.75) is 170 Å². The predicted octanol–water partition coefficient (Wildman–Crippen LogP) is 12.6. The number of pyridine rings is 1. The molecule has 4 N–H and O–H groups in total. The van der Waals surface area contributed by atoms with E-state index in [0.29, 0.717) is 47.4 Å². The Balaban J connectivity index is 1.63. The standard InChI is InChI=1S/C49H69N5O5/c1-10-13-15-17-18-19-21-25-59-33(8)43-31(6)38-26-37-30(5)35(22-23-42(55)58-9)46(52-37)45-47-44(48(56)54(49(45)57)24-20-16-14-11-2)32(7)39(53-47)27-40-34(12-3)29(4)36(50-40)28-41(43)51-38/h26-28,30,33,35,50-51,56-57H,10-25H2,1-9H3/t30-,33?,35-/m0/s1. The quantitative estimate of drug-likeness (QED) is 0.0481. The highest BCUT2D eigenvalue weighted by Gasteiger charge is 2.35. The molecular weight excluding hydrogens is 739 g/mol. The Morgan fingerprint density at radius 3 is 2.17 bits per heavy atom. The van der Waals surface area contributed by atoms with Crippen LogP contribution in [0.1, 0.15) is 175 Å². The van der Waals surface area contributed by atoms with Crippen molar-refractivity contribution in [3.05, 3.63) is 57.4 Å². The van der Waals surface area contributed by atoms with Crippen LogP contribution < -0.4 is 0 Å². The molecule has 0 radical (unpaired) electrons. The van der Waals surface area contributed by atoms with E-state index in [1.165, 1.54) is 56.8 Å². The van der Waals surface area contributed by atoms with E-state index < -0.39 is 0 Å². The predicted molar refractivity (Wildman–Crippen MR) is 240 cm³/mol. The molecule has 0 spiro atoms. The normalized spacial score (nSPS) is 15.5. The molecular formula is C49H69N5O5. The zero-order valence-electron chi connectivity index (χ0n) is 37.2. The molecule has 0 amide bonds. The summed E-state index contributed by atoms with van der Waals surface area (Å²) in [5.41, 5.74) is 12.7. The highest BCUT2D eigenvalue weighted by molar-refractivity contribution is 5.96. The lowest BCUT2D eigenvalue weighted by Gasteiger charge is -2.21. The number of nitrogens with one attached hydrogen (secondary N) is 2. The van der Waals surface area contributed by atoms with E-state index >= 15 is 0 Å². The largest absolute Gasteiger partial charge is 0.494 e. The van der Waals surface area contributed by atoms with Crippen molar-refractivity contribution >= 4 is 38.9 Å². The van der Waals surface area contributed by atoms with Crippen molar-refractivity contribution in [1.29, 1.82) is 0 Å². The molecule has 320 valence electrons. The van der Waals surface area contributed by atoms with Gasteiger partial charge in [-0.15, -0.1) is 0 Å². The SMILES string of the molecule is CCCCCCCCCOC(C)c1c(C)c2cc3nc(c4c5nc(cc6[nH]c(cc1[nH]2)c(C)c6CC)c(C)c-5c(O)n(CCCCCC)c4O)[C@@H](CCC(=O)OC)[C@@H]3C. The molecule has 1 unspecified atom stereocenters. The molecule has 3 aromatic rings. The van der Waals surface area contributed by atoms with E-state index in [9.17, 15) is 15.0 Å². The molecule has 8 bridgehead atoms. The number of aromatic hydroxyl groups is 2. The summed E-state index contributed by atoms with van der Waals surface area (Å²) in [5.74, 6) is -0.663. The molecule has 6 heterocycles. The zero-order chi connectivity index (χ0) is 42.4. The van der Waals surface area contributed by atoms with E-state index in [-0.39, 0.29) is 42.1 Å². The van der Waals surface area contributed by atoms with E-state index in [0.717, 1.165) is 83.0 Å². The van der Waals surface area contributed by atoms with E-state index in [4.69, 9.17) is 19.4 Å². The average molecular weight is 808 g/mol. The number of unbranched alkanes of at least 4 members (excludes halogenated alkanes) is 9. The van der Waals surface area contributed by atoms with Gasteiger partial charge in [0.05, 0.1) is 41.1 Å². The Hall–Kier alpha value is -4.57. The highest BCUT2D eigenvalue weighted by atomic mass is 16.5. The Kier molecular flexibility index (Phi) is 14.7. The monoisotopic (exact) mass is 808 g/mol. The molecule has 0 saturated heterocycles. The number of aromatic amines is 2. The second kappa shape index (κ2) is 19.7. The van der Waals surface area contributed by atoms with Crippen LogP contribution in [0.25, 0.3) is 44.2 Å². The first-order valence-electron chi connectivity index (χ1n) is 22.5. The number of carbonyl (C=O) groups excluding carboxylic acids is 1. The molecule has 0 aromatic carbocycles. The number of H-pyrrole nitrogens is 2. The molecule has 0 saturated carbocycles. The number of fused-ring (bicyclic) bond motifs is 8. The van der Waals surface area contributed by atoms with Crippen LogP contribution in [0.15, 0.2) is 18.2 Å². The van der Waals surface area contributed by atoms with Crippen LogP contribution in [0, 0.1) is 20.8 Å². The van der Waals surface area contributed by atoms with Gasteiger partial charge in [0.1, 0.15) is 0 Å². The Labute approximate surface area is 350 Å². The van der Waals surface area contributed by atoms with Crippen LogP contribution in [0.3, 0.4) is 0 Å². The first-order valence-corrected chi connectivity index (χ1v) is 22.5. The number of ether oxygens (including phenoxy) is 2. The third-order valence-corrected chi connectivity index (χ3v) is 13.0. The molecule has 59 heavy (non-hydrogen) atoms. The van der Waals surface area contributed by atoms with Gasteiger partial charge in [0.25, 0.3) is 0 Å². The van der Waals surface area contributed by atoms with Crippen molar-refractivity contribution in [3.63, 3.8) is 0 Å². The summed E-state index contributed by atoms with van der Waals surface area (Å²) in [5, 5.41) is 24.8. The maximum Gasteiger partial charge on any atom is 0.305 e. The van der Waals surface area contributed by atoms with Crippen LogP contribution in [-0.4, -0.2) is 54.4 Å². The molecule has 3 atom stereocenters. The maximum absolute atomic E-state index is 12.6. The van der Waals surface area contributed by atoms with Gasteiger partial charge < -0.3 is 29.7 Å². The minimum atomic E-state index is -0.291. The third kappa shape index (κ3) is 9.13. The molecule has 3 aliphatic rings. The summed E-state index contributed by atoms with van der Waals surface area (Å²) in [4.78, 5) is 30.8. The van der Waals surface area contributed by atoms with Gasteiger partial charge >= 0.3 is 5.97 Å². The van der Waals surface area contributed by atoms with Gasteiger partial charge in [-0.2, -0.15) is 0 Å². The topological polar surface area (TPSA) is 138 Å². The number of rotatable bonds is 19. The van der Waals surface area contributed by atoms with Crippen molar-refractivity contribution in [3.8, 4) is 23.0 Å². The first-order chi connectivity index (χ1) is 28.4. The van der Waals surface area contributed by atoms with Crippen molar-refractivity contribution in [1.82, 2.24) is 24.5 Å². The van der Waals surface area contributed by atoms with E-state index in [1.807, 2.05) is 6.92 Å². The summed E-state index contributed by atoms with van der Waals surface area (Å²) < 4.78 is 13.3. The Bertz CT molecular complexity index is 2330. The lowest BCUT2D eigenvalue weighted by Crippen LogP contribution is -2.09. The lowest BCUT2D eigenvalue weighted by atomic mass is 9.85. The summed E-state index contributed by atoms with van der Waals surface area (Å²) in [6.45, 7) is 18.4. The summed E-state index contributed by atoms with van der Waals surface area (Å²) in [7, 11) is 1.41. The van der Waals surface area contributed by atoms with Crippen LogP contribution >= 0.6 is 0 Å². The van der Waals surface area contributed by atoms with E-state index in [1.54, 1.807) is 4.57 Å². The van der Waals surface area contributed by atoms with Gasteiger partial charge in [0, 0.05) is 64.7 Å². The fourth-order valence-corrected chi connectivity index (χ4v) is 9.38. The minimum Gasteiger partial charge on any atom is -0.494 e. The fraction of sp³-hybridized carbons (Fsp3) is 0.571. The fourth-order valence-electron chi connectivity index (χ4n) is 9.38. The number of hydrogen-bond donors (Lipinski definition) is 4. The van der Waals surface area contributed by atoms with Gasteiger partial charge in [-0.1, -0.05) is 85.5 Å². The number of esters is 1. The summed E-state index contributed by atoms with van der Waals surface area (Å²) >= 11 is 0. The smallest absolute Gasteiger partial charge is 0.305 e. The molecule has 6 rings (SSSR count). The number of nitrogens with zero attached hydrogens (tertiary/aromatic N) is 3. The van der Waals surface area contributed by atoms with Crippen LogP contribution in [0.5, 0.6) is 11.8 Å². The molecule has 3 aliphatic heterocycles. The zero-order valence-corrected chi connectivity index (χ0v) is 37.2. The van der Waals surface area contributed by atoms with Crippen molar-refractivity contribution < 1.29 is 24.5 Å². The number of aryl methyl sites for hydroxylation is 4. The minimum absolute atomic E-state index is 0.00584. The van der Waals surface area contributed by atoms with Gasteiger partial charge in [0.15, 0.2) is 0 Å². The highest BCUT2D eigenvalue weighted by Crippen LogP contribution is 2.50. The van der Waals surface area contributed by atoms with Crippen LogP contribution in [0.4, 0.5) is 0 Å². The first kappa shape index (κ1) is 44.0. The number of methoxy groups -OCH3 is 1. The molecule has 3 aromatic heterocycles. The van der Waals surface area contributed by atoms with Gasteiger partial charge in [-0.3, -0.25) is 14.3 Å². The number of aromatic nitrogens is 5. The molecule has 10 nitrogen and oxygen atoms in total. The van der Waals surface area contributed by atoms with Crippen LogP contribution in [0.2, 0.25) is 0 Å². The van der Waals surface area contributed by atoms with Gasteiger partial charge in [-0.25, -0.2) is 4.98 Å². The average Bonchev–Trinajstić information content (AvgIpc) is 3.90. The number of hydrogen-bond acceptors (Lipinski definition) is 7. The number of carbonyl (C=O) groups is 1. The molecule has 0 fully saturated rings. The van der Waals surface area contributed by atoms with E-state index in [2.05, 4.69) is 76.6 Å². The van der Waals surface area contributed by atoms with Crippen molar-refractivity contribution in [2.75, 3.05) is 13.7 Å². The Morgan fingerprint density at radius 1 is 0.814 bits per heavy atom. The molecule has 0 aliphatic carbocycles. The second-order valence-electron chi connectivity index (χ2n) is 17.0. The summed E-state index contributed by atoms with van der Waals surface area (Å²) in [6, 6.07) is 6.43. The third-order valence-electron chi connectivity index (χ3n) is 13.0. The van der Waals surface area contributed by atoms with Gasteiger partial charge in [0.2, 0.25) is 11.8 Å². The molecule has 10 heteroatoms. The van der Waals surface area contributed by atoms with Crippen LogP contribution in [-0.2, 0) is 27.2 Å². The Morgan fingerprint density at radius 2 is 1.47 bits per heavy atom.